The van der Waals surface area contributed by atoms with Crippen LogP contribution < -0.4 is 10.6 Å². The molecule has 2 saturated heterocycles. The number of rotatable bonds is 4. The molecule has 0 radical (unpaired) electrons. The minimum Gasteiger partial charge on any atom is -0.370 e. The van der Waals surface area contributed by atoms with Crippen molar-refractivity contribution in [2.75, 3.05) is 44.2 Å². The van der Waals surface area contributed by atoms with Gasteiger partial charge in [-0.25, -0.2) is 0 Å². The molecule has 8 heteroatoms. The van der Waals surface area contributed by atoms with Crippen LogP contribution in [0.1, 0.15) is 19.3 Å². The van der Waals surface area contributed by atoms with Crippen LogP contribution in [-0.2, 0) is 9.59 Å². The van der Waals surface area contributed by atoms with Crippen molar-refractivity contribution in [1.29, 1.82) is 0 Å². The molecule has 0 aliphatic carbocycles. The first-order valence-electron chi connectivity index (χ1n) is 8.93. The van der Waals surface area contributed by atoms with Crippen LogP contribution in [0, 0.1) is 0 Å². The van der Waals surface area contributed by atoms with Crippen LogP contribution in [-0.4, -0.2) is 66.8 Å². The second-order valence-corrected chi connectivity index (χ2v) is 6.92. The van der Waals surface area contributed by atoms with Gasteiger partial charge in [0.25, 0.3) is 0 Å². The highest BCUT2D eigenvalue weighted by Crippen LogP contribution is 2.19. The standard InChI is InChI=1S/C18H24ClN5O2/c19-14-4-6-15(7-5-14)22-10-12-23(13-11-22)18(20)21-8-9-24-16(25)2-1-3-17(24)26/h4-7H,1-3,8-13H2,(H2,20,21). The lowest BCUT2D eigenvalue weighted by atomic mass is 10.1. The van der Waals surface area contributed by atoms with Crippen molar-refractivity contribution >= 4 is 35.1 Å². The number of amides is 2. The molecular formula is C18H24ClN5O2. The van der Waals surface area contributed by atoms with Crippen molar-refractivity contribution in [2.45, 2.75) is 19.3 Å². The van der Waals surface area contributed by atoms with Crippen molar-refractivity contribution in [2.24, 2.45) is 10.7 Å². The highest BCUT2D eigenvalue weighted by atomic mass is 35.5. The van der Waals surface area contributed by atoms with Gasteiger partial charge in [0.05, 0.1) is 6.54 Å². The van der Waals surface area contributed by atoms with Crippen LogP contribution in [0.3, 0.4) is 0 Å². The van der Waals surface area contributed by atoms with E-state index in [4.69, 9.17) is 17.3 Å². The molecule has 2 heterocycles. The van der Waals surface area contributed by atoms with Crippen molar-refractivity contribution in [1.82, 2.24) is 9.80 Å². The van der Waals surface area contributed by atoms with Crippen molar-refractivity contribution in [3.05, 3.63) is 29.3 Å². The summed E-state index contributed by atoms with van der Waals surface area (Å²) in [7, 11) is 0. The Labute approximate surface area is 158 Å². The monoisotopic (exact) mass is 377 g/mol. The molecule has 1 aromatic carbocycles. The summed E-state index contributed by atoms with van der Waals surface area (Å²) in [5.41, 5.74) is 7.23. The molecule has 1 aromatic rings. The number of hydrogen-bond acceptors (Lipinski definition) is 4. The molecule has 2 aliphatic heterocycles. The molecule has 2 aliphatic rings. The maximum atomic E-state index is 11.8. The lowest BCUT2D eigenvalue weighted by Gasteiger charge is -2.36. The summed E-state index contributed by atoms with van der Waals surface area (Å²) in [6, 6.07) is 7.81. The maximum Gasteiger partial charge on any atom is 0.229 e. The van der Waals surface area contributed by atoms with Crippen LogP contribution in [0.5, 0.6) is 0 Å². The van der Waals surface area contributed by atoms with E-state index in [1.54, 1.807) is 0 Å². The zero-order valence-corrected chi connectivity index (χ0v) is 15.5. The van der Waals surface area contributed by atoms with Gasteiger partial charge in [-0.1, -0.05) is 11.6 Å². The molecule has 7 nitrogen and oxygen atoms in total. The van der Waals surface area contributed by atoms with Crippen molar-refractivity contribution in [3.8, 4) is 0 Å². The molecule has 3 rings (SSSR count). The summed E-state index contributed by atoms with van der Waals surface area (Å²) in [6.07, 6.45) is 1.53. The van der Waals surface area contributed by atoms with Gasteiger partial charge in [-0.05, 0) is 30.7 Å². The summed E-state index contributed by atoms with van der Waals surface area (Å²) in [4.78, 5) is 33.5. The number of nitrogens with zero attached hydrogens (tertiary/aromatic N) is 4. The first kappa shape index (κ1) is 18.5. The van der Waals surface area contributed by atoms with Gasteiger partial charge in [0, 0.05) is 56.3 Å². The van der Waals surface area contributed by atoms with Gasteiger partial charge in [0.2, 0.25) is 11.8 Å². The quantitative estimate of drug-likeness (QED) is 0.486. The fraction of sp³-hybridized carbons (Fsp3) is 0.500. The van der Waals surface area contributed by atoms with E-state index in [0.717, 1.165) is 36.9 Å². The number of aliphatic imine (C=N–C) groups is 1. The molecular weight excluding hydrogens is 354 g/mol. The number of piperazine rings is 1. The fourth-order valence-corrected chi connectivity index (χ4v) is 3.39. The van der Waals surface area contributed by atoms with E-state index in [1.165, 1.54) is 4.90 Å². The number of likely N-dealkylation sites (tertiary alicyclic amines) is 1. The van der Waals surface area contributed by atoms with E-state index in [2.05, 4.69) is 9.89 Å². The molecule has 0 aromatic heterocycles. The van der Waals surface area contributed by atoms with Crippen molar-refractivity contribution < 1.29 is 9.59 Å². The maximum absolute atomic E-state index is 11.8. The van der Waals surface area contributed by atoms with Gasteiger partial charge in [-0.2, -0.15) is 0 Å². The van der Waals surface area contributed by atoms with E-state index < -0.39 is 0 Å². The Balaban J connectivity index is 1.47. The number of halogens is 1. The molecule has 0 spiro atoms. The lowest BCUT2D eigenvalue weighted by Crippen LogP contribution is -2.51. The summed E-state index contributed by atoms with van der Waals surface area (Å²) >= 11 is 5.93. The summed E-state index contributed by atoms with van der Waals surface area (Å²) in [5, 5.41) is 0.731. The third kappa shape index (κ3) is 4.46. The van der Waals surface area contributed by atoms with Gasteiger partial charge in [0.1, 0.15) is 0 Å². The minimum absolute atomic E-state index is 0.105. The van der Waals surface area contributed by atoms with E-state index in [-0.39, 0.29) is 11.8 Å². The molecule has 140 valence electrons. The summed E-state index contributed by atoms with van der Waals surface area (Å²) in [5.74, 6) is 0.260. The van der Waals surface area contributed by atoms with E-state index in [1.807, 2.05) is 29.2 Å². The number of benzene rings is 1. The number of anilines is 1. The number of guanidine groups is 1. The number of hydrogen-bond donors (Lipinski definition) is 1. The van der Waals surface area contributed by atoms with Crippen LogP contribution in [0.4, 0.5) is 5.69 Å². The van der Waals surface area contributed by atoms with Crippen molar-refractivity contribution in [3.63, 3.8) is 0 Å². The normalized spacial score (nSPS) is 19.3. The number of piperidine rings is 1. The SMILES string of the molecule is NC(=NCCN1C(=O)CCCC1=O)N1CCN(c2ccc(Cl)cc2)CC1. The first-order valence-corrected chi connectivity index (χ1v) is 9.31. The Morgan fingerprint density at radius 3 is 2.27 bits per heavy atom. The molecule has 0 unspecified atom stereocenters. The van der Waals surface area contributed by atoms with Gasteiger partial charge in [-0.3, -0.25) is 19.5 Å². The van der Waals surface area contributed by atoms with E-state index in [9.17, 15) is 9.59 Å². The second kappa shape index (κ2) is 8.40. The zero-order valence-electron chi connectivity index (χ0n) is 14.7. The van der Waals surface area contributed by atoms with Gasteiger partial charge >= 0.3 is 0 Å². The second-order valence-electron chi connectivity index (χ2n) is 6.48. The van der Waals surface area contributed by atoms with Crippen LogP contribution in [0.2, 0.25) is 5.02 Å². The third-order valence-corrected chi connectivity index (χ3v) is 5.03. The Kier molecular flexibility index (Phi) is 5.98. The van der Waals surface area contributed by atoms with Gasteiger partial charge in [-0.15, -0.1) is 0 Å². The van der Waals surface area contributed by atoms with Crippen LogP contribution in [0.25, 0.3) is 0 Å². The summed E-state index contributed by atoms with van der Waals surface area (Å²) in [6.45, 7) is 3.91. The molecule has 26 heavy (non-hydrogen) atoms. The molecule has 0 atom stereocenters. The lowest BCUT2D eigenvalue weighted by molar-refractivity contribution is -0.147. The Morgan fingerprint density at radius 1 is 1.04 bits per heavy atom. The predicted octanol–water partition coefficient (Wildman–Crippen LogP) is 1.32. The third-order valence-electron chi connectivity index (χ3n) is 4.78. The zero-order chi connectivity index (χ0) is 18.5. The first-order chi connectivity index (χ1) is 12.5. The average Bonchev–Trinajstić information content (AvgIpc) is 2.65. The van der Waals surface area contributed by atoms with Crippen LogP contribution >= 0.6 is 11.6 Å². The van der Waals surface area contributed by atoms with Gasteiger partial charge in [0.15, 0.2) is 5.96 Å². The Morgan fingerprint density at radius 2 is 1.65 bits per heavy atom. The van der Waals surface area contributed by atoms with E-state index >= 15 is 0 Å². The smallest absolute Gasteiger partial charge is 0.229 e. The molecule has 0 bridgehead atoms. The van der Waals surface area contributed by atoms with Gasteiger partial charge < -0.3 is 15.5 Å². The number of imide groups is 1. The fourth-order valence-electron chi connectivity index (χ4n) is 3.26. The predicted molar refractivity (Wildman–Crippen MR) is 102 cm³/mol. The highest BCUT2D eigenvalue weighted by Gasteiger charge is 2.25. The average molecular weight is 378 g/mol. The molecule has 2 fully saturated rings. The number of carbonyl (C=O) groups is 2. The Bertz CT molecular complexity index is 667. The number of nitrogens with two attached hydrogens (primary N) is 1. The van der Waals surface area contributed by atoms with E-state index in [0.29, 0.717) is 38.3 Å². The topological polar surface area (TPSA) is 82.2 Å². The Hall–Kier alpha value is -2.28. The largest absolute Gasteiger partial charge is 0.370 e. The minimum atomic E-state index is -0.105. The molecule has 2 amide bonds. The summed E-state index contributed by atoms with van der Waals surface area (Å²) < 4.78 is 0. The molecule has 2 N–H and O–H groups in total. The highest BCUT2D eigenvalue weighted by molar-refractivity contribution is 6.30. The van der Waals surface area contributed by atoms with Crippen LogP contribution in [0.15, 0.2) is 29.3 Å². The number of carbonyl (C=O) groups excluding carboxylic acids is 2. The molecule has 0 saturated carbocycles.